The second-order valence-corrected chi connectivity index (χ2v) is 11.5. The Morgan fingerprint density at radius 2 is 1.29 bits per heavy atom. The summed E-state index contributed by atoms with van der Waals surface area (Å²) in [6.45, 7) is 21.1. The molecule has 0 aromatic heterocycles. The van der Waals surface area contributed by atoms with Crippen LogP contribution in [0.3, 0.4) is 0 Å². The summed E-state index contributed by atoms with van der Waals surface area (Å²) >= 11 is 0. The van der Waals surface area contributed by atoms with Crippen molar-refractivity contribution in [2.24, 2.45) is 5.73 Å². The lowest BCUT2D eigenvalue weighted by atomic mass is 10.0. The highest BCUT2D eigenvalue weighted by Gasteiger charge is 2.46. The van der Waals surface area contributed by atoms with Gasteiger partial charge in [0.05, 0.1) is 16.8 Å². The van der Waals surface area contributed by atoms with Gasteiger partial charge in [0, 0.05) is 19.6 Å². The lowest BCUT2D eigenvalue weighted by molar-refractivity contribution is -0.0779. The predicted octanol–water partition coefficient (Wildman–Crippen LogP) is 3.70. The molecule has 0 aliphatic heterocycles. The summed E-state index contributed by atoms with van der Waals surface area (Å²) in [7, 11) is -2.77. The van der Waals surface area contributed by atoms with E-state index in [1.807, 2.05) is 48.1 Å². The van der Waals surface area contributed by atoms with Crippen molar-refractivity contribution in [3.63, 3.8) is 0 Å². The molecule has 0 rings (SSSR count). The lowest BCUT2D eigenvalue weighted by Crippen LogP contribution is -2.55. The van der Waals surface area contributed by atoms with Gasteiger partial charge >= 0.3 is 8.80 Å². The molecule has 0 aromatic carbocycles. The number of hydrogen-bond donors (Lipinski definition) is 2. The van der Waals surface area contributed by atoms with Gasteiger partial charge in [-0.1, -0.05) is 0 Å². The van der Waals surface area contributed by atoms with Crippen LogP contribution >= 0.6 is 0 Å². The van der Waals surface area contributed by atoms with E-state index in [4.69, 9.17) is 19.0 Å². The summed E-state index contributed by atoms with van der Waals surface area (Å²) < 4.78 is 19.0. The summed E-state index contributed by atoms with van der Waals surface area (Å²) in [6, 6.07) is 0. The second kappa shape index (κ2) is 9.64. The average Bonchev–Trinajstić information content (AvgIpc) is 2.26. The molecule has 24 heavy (non-hydrogen) atoms. The molecule has 0 heterocycles. The van der Waals surface area contributed by atoms with Gasteiger partial charge in [-0.2, -0.15) is 0 Å². The second-order valence-electron chi connectivity index (χ2n) is 9.15. The van der Waals surface area contributed by atoms with E-state index >= 15 is 0 Å². The molecule has 0 saturated heterocycles. The predicted molar refractivity (Wildman–Crippen MR) is 104 cm³/mol. The van der Waals surface area contributed by atoms with Crippen molar-refractivity contribution >= 4 is 8.80 Å². The van der Waals surface area contributed by atoms with Crippen molar-refractivity contribution in [1.82, 2.24) is 5.32 Å². The van der Waals surface area contributed by atoms with Crippen LogP contribution in [-0.2, 0) is 13.3 Å². The molecule has 0 fully saturated rings. The molecule has 0 aliphatic carbocycles. The Labute approximate surface area is 151 Å². The molecule has 0 unspecified atom stereocenters. The molecule has 0 aliphatic rings. The maximum absolute atomic E-state index is 6.46. The van der Waals surface area contributed by atoms with E-state index in [0.29, 0.717) is 6.54 Å². The van der Waals surface area contributed by atoms with Gasteiger partial charge in [-0.05, 0) is 81.2 Å². The van der Waals surface area contributed by atoms with E-state index in [0.717, 1.165) is 32.4 Å². The highest BCUT2D eigenvalue weighted by molar-refractivity contribution is 6.59. The first-order valence-electron chi connectivity index (χ1n) is 9.19. The molecule has 0 atom stereocenters. The molecule has 0 aromatic rings. The van der Waals surface area contributed by atoms with Gasteiger partial charge in [-0.3, -0.25) is 0 Å². The van der Waals surface area contributed by atoms with Gasteiger partial charge in [0.25, 0.3) is 0 Å². The van der Waals surface area contributed by atoms with Gasteiger partial charge < -0.3 is 24.3 Å². The fourth-order valence-corrected chi connectivity index (χ4v) is 6.21. The summed E-state index contributed by atoms with van der Waals surface area (Å²) in [5.41, 5.74) is 4.61. The first-order chi connectivity index (χ1) is 10.7. The fourth-order valence-electron chi connectivity index (χ4n) is 2.76. The Morgan fingerprint density at radius 1 is 0.792 bits per heavy atom. The van der Waals surface area contributed by atoms with Crippen LogP contribution in [0.15, 0.2) is 0 Å². The Hall–Kier alpha value is 0.0169. The summed E-state index contributed by atoms with van der Waals surface area (Å²) in [6.07, 6.45) is 3.19. The number of unbranched alkanes of at least 4 members (excludes halogenated alkanes) is 1. The normalized spacial score (nSPS) is 14.2. The maximum Gasteiger partial charge on any atom is 0.498 e. The Morgan fingerprint density at radius 3 is 1.71 bits per heavy atom. The minimum Gasteiger partial charge on any atom is -0.369 e. The summed E-state index contributed by atoms with van der Waals surface area (Å²) in [5.74, 6) is 0. The third-order valence-electron chi connectivity index (χ3n) is 3.15. The third kappa shape index (κ3) is 13.3. The number of nitrogens with one attached hydrogen (secondary N) is 1. The summed E-state index contributed by atoms with van der Waals surface area (Å²) in [5, 5.41) is 3.33. The smallest absolute Gasteiger partial charge is 0.369 e. The van der Waals surface area contributed by atoms with Gasteiger partial charge in [0.1, 0.15) is 0 Å². The largest absolute Gasteiger partial charge is 0.498 e. The van der Waals surface area contributed by atoms with Crippen molar-refractivity contribution in [3.05, 3.63) is 0 Å². The van der Waals surface area contributed by atoms with Gasteiger partial charge in [0.2, 0.25) is 0 Å². The van der Waals surface area contributed by atoms with Crippen LogP contribution in [0.5, 0.6) is 0 Å². The van der Waals surface area contributed by atoms with Gasteiger partial charge in [0.15, 0.2) is 0 Å². The SMILES string of the molecule is CC(C)(C)O[Si](C)(OC(C)(C)C)OC(C)(C)CCCCNCCN. The van der Waals surface area contributed by atoms with Crippen LogP contribution < -0.4 is 11.1 Å². The monoisotopic (exact) mass is 362 g/mol. The zero-order valence-corrected chi connectivity index (χ0v) is 18.5. The molecular weight excluding hydrogens is 320 g/mol. The van der Waals surface area contributed by atoms with E-state index in [9.17, 15) is 0 Å². The lowest BCUT2D eigenvalue weighted by Gasteiger charge is -2.42. The third-order valence-corrected chi connectivity index (χ3v) is 6.04. The molecule has 3 N–H and O–H groups in total. The van der Waals surface area contributed by atoms with Crippen LogP contribution in [0, 0.1) is 0 Å². The van der Waals surface area contributed by atoms with E-state index in [1.165, 1.54) is 0 Å². The highest BCUT2D eigenvalue weighted by atomic mass is 28.4. The first kappa shape index (κ1) is 24.0. The quantitative estimate of drug-likeness (QED) is 0.433. The Balaban J connectivity index is 4.68. The average molecular weight is 363 g/mol. The molecular formula is C18H42N2O3Si. The van der Waals surface area contributed by atoms with E-state index in [2.05, 4.69) is 19.2 Å². The molecule has 0 bridgehead atoms. The van der Waals surface area contributed by atoms with Crippen molar-refractivity contribution in [1.29, 1.82) is 0 Å². The topological polar surface area (TPSA) is 65.7 Å². The molecule has 0 radical (unpaired) electrons. The van der Waals surface area contributed by atoms with E-state index in [-0.39, 0.29) is 16.8 Å². The Kier molecular flexibility index (Phi) is 9.65. The maximum atomic E-state index is 6.46. The molecule has 146 valence electrons. The van der Waals surface area contributed by atoms with Crippen LogP contribution in [0.25, 0.3) is 0 Å². The highest BCUT2D eigenvalue weighted by Crippen LogP contribution is 2.30. The minimum absolute atomic E-state index is 0.272. The molecule has 5 nitrogen and oxygen atoms in total. The number of rotatable bonds is 11. The Bertz CT molecular complexity index is 333. The zero-order valence-electron chi connectivity index (χ0n) is 17.5. The molecule has 0 spiro atoms. The van der Waals surface area contributed by atoms with Crippen LogP contribution in [-0.4, -0.2) is 45.2 Å². The molecule has 6 heteroatoms. The fraction of sp³-hybridized carbons (Fsp3) is 1.00. The first-order valence-corrected chi connectivity index (χ1v) is 11.4. The number of hydrogen-bond acceptors (Lipinski definition) is 5. The van der Waals surface area contributed by atoms with E-state index < -0.39 is 8.80 Å². The molecule has 0 amide bonds. The van der Waals surface area contributed by atoms with Crippen LogP contribution in [0.4, 0.5) is 0 Å². The van der Waals surface area contributed by atoms with Crippen LogP contribution in [0.1, 0.15) is 74.7 Å². The van der Waals surface area contributed by atoms with E-state index in [1.54, 1.807) is 0 Å². The molecule has 0 saturated carbocycles. The van der Waals surface area contributed by atoms with Crippen molar-refractivity contribution in [3.8, 4) is 0 Å². The zero-order chi connectivity index (χ0) is 19.1. The van der Waals surface area contributed by atoms with Crippen molar-refractivity contribution in [2.45, 2.75) is 98.0 Å². The minimum atomic E-state index is -2.77. The van der Waals surface area contributed by atoms with Gasteiger partial charge in [-0.15, -0.1) is 0 Å². The van der Waals surface area contributed by atoms with Gasteiger partial charge in [-0.25, -0.2) is 0 Å². The van der Waals surface area contributed by atoms with Crippen LogP contribution in [0.2, 0.25) is 6.55 Å². The standard InChI is InChI=1S/C18H42N2O3Si/c1-16(2,3)21-24(9,22-17(4,5)6)23-18(7,8)12-10-11-14-20-15-13-19/h20H,10-15,19H2,1-9H3. The van der Waals surface area contributed by atoms with Crippen molar-refractivity contribution < 1.29 is 13.3 Å². The number of nitrogens with two attached hydrogens (primary N) is 1. The van der Waals surface area contributed by atoms with Crippen molar-refractivity contribution in [2.75, 3.05) is 19.6 Å². The summed E-state index contributed by atoms with van der Waals surface area (Å²) in [4.78, 5) is 0.